The van der Waals surface area contributed by atoms with Crippen molar-refractivity contribution in [3.8, 4) is 11.5 Å². The number of thiazole rings is 1. The molecule has 0 saturated carbocycles. The fraction of sp³-hybridized carbons (Fsp3) is 0.265. The summed E-state index contributed by atoms with van der Waals surface area (Å²) in [5.74, 6) is 0.737. The average molecular weight is 582 g/mol. The number of nitrogens with zero attached hydrogens (tertiary/aromatic N) is 2. The predicted octanol–water partition coefficient (Wildman–Crippen LogP) is 5.50. The first-order valence-corrected chi connectivity index (χ1v) is 14.6. The van der Waals surface area contributed by atoms with Gasteiger partial charge in [0.1, 0.15) is 0 Å². The maximum Gasteiger partial charge on any atom is 0.271 e. The van der Waals surface area contributed by atoms with Crippen LogP contribution < -0.4 is 29.7 Å². The van der Waals surface area contributed by atoms with E-state index in [0.717, 1.165) is 11.1 Å². The van der Waals surface area contributed by atoms with Crippen molar-refractivity contribution >= 4 is 29.0 Å². The van der Waals surface area contributed by atoms with Crippen LogP contribution in [0, 0.1) is 6.92 Å². The summed E-state index contributed by atoms with van der Waals surface area (Å²) in [6.45, 7) is 10.3. The van der Waals surface area contributed by atoms with Gasteiger partial charge < -0.3 is 14.8 Å². The van der Waals surface area contributed by atoms with Crippen LogP contribution >= 0.6 is 11.3 Å². The molecule has 4 aromatic rings. The van der Waals surface area contributed by atoms with Crippen LogP contribution in [0.2, 0.25) is 0 Å². The molecular formula is C34H35N3O4S. The molecule has 42 heavy (non-hydrogen) atoms. The number of aromatic nitrogens is 1. The van der Waals surface area contributed by atoms with Crippen molar-refractivity contribution < 1.29 is 14.3 Å². The van der Waals surface area contributed by atoms with Crippen molar-refractivity contribution in [1.29, 1.82) is 0 Å². The van der Waals surface area contributed by atoms with Crippen molar-refractivity contribution in [2.75, 3.05) is 19.5 Å². The smallest absolute Gasteiger partial charge is 0.271 e. The highest BCUT2D eigenvalue weighted by atomic mass is 32.1. The second-order valence-electron chi connectivity index (χ2n) is 11.3. The van der Waals surface area contributed by atoms with Gasteiger partial charge in [-0.25, -0.2) is 4.99 Å². The first kappa shape index (κ1) is 29.1. The van der Waals surface area contributed by atoms with Gasteiger partial charge in [0.25, 0.3) is 11.5 Å². The van der Waals surface area contributed by atoms with Gasteiger partial charge in [-0.3, -0.25) is 14.2 Å². The van der Waals surface area contributed by atoms with Crippen LogP contribution in [0.25, 0.3) is 6.08 Å². The lowest BCUT2D eigenvalue weighted by atomic mass is 9.87. The van der Waals surface area contributed by atoms with Crippen molar-refractivity contribution in [3.63, 3.8) is 0 Å². The third-order valence-corrected chi connectivity index (χ3v) is 8.44. The van der Waals surface area contributed by atoms with Crippen LogP contribution in [-0.4, -0.2) is 24.7 Å². The molecule has 8 heteroatoms. The van der Waals surface area contributed by atoms with Crippen molar-refractivity contribution in [2.45, 2.75) is 46.1 Å². The summed E-state index contributed by atoms with van der Waals surface area (Å²) < 4.78 is 13.2. The Labute approximate surface area is 249 Å². The van der Waals surface area contributed by atoms with Gasteiger partial charge in [-0.05, 0) is 65.8 Å². The van der Waals surface area contributed by atoms with Gasteiger partial charge in [-0.2, -0.15) is 0 Å². The maximum absolute atomic E-state index is 14.1. The molecule has 7 nitrogen and oxygen atoms in total. The van der Waals surface area contributed by atoms with E-state index in [2.05, 4.69) is 38.2 Å². The number of hydrogen-bond donors (Lipinski definition) is 1. The Hall–Kier alpha value is -4.43. The van der Waals surface area contributed by atoms with Gasteiger partial charge in [-0.15, -0.1) is 0 Å². The summed E-state index contributed by atoms with van der Waals surface area (Å²) in [4.78, 5) is 33.3. The summed E-state index contributed by atoms with van der Waals surface area (Å²) in [5.41, 5.74) is 5.23. The molecule has 0 radical (unpaired) electrons. The van der Waals surface area contributed by atoms with Crippen LogP contribution in [0.5, 0.6) is 11.5 Å². The van der Waals surface area contributed by atoms with Crippen LogP contribution in [0.4, 0.5) is 5.69 Å². The molecule has 1 unspecified atom stereocenters. The van der Waals surface area contributed by atoms with Gasteiger partial charge in [-0.1, -0.05) is 80.6 Å². The Kier molecular flexibility index (Phi) is 7.93. The third kappa shape index (κ3) is 5.54. The van der Waals surface area contributed by atoms with Gasteiger partial charge in [0.15, 0.2) is 16.3 Å². The maximum atomic E-state index is 14.1. The summed E-state index contributed by atoms with van der Waals surface area (Å²) in [6.07, 6.45) is 1.88. The Morgan fingerprint density at radius 3 is 2.31 bits per heavy atom. The van der Waals surface area contributed by atoms with E-state index in [4.69, 9.17) is 14.5 Å². The number of amides is 1. The lowest BCUT2D eigenvalue weighted by Crippen LogP contribution is -2.40. The molecule has 0 bridgehead atoms. The fourth-order valence-electron chi connectivity index (χ4n) is 5.08. The van der Waals surface area contributed by atoms with Crippen LogP contribution in [-0.2, 0) is 10.2 Å². The average Bonchev–Trinajstić information content (AvgIpc) is 3.26. The number of rotatable bonds is 6. The lowest BCUT2D eigenvalue weighted by molar-refractivity contribution is -0.113. The number of carbonyl (C=O) groups excluding carboxylic acids is 1. The standard InChI is InChI=1S/C34H35N3O4S/c1-20-10-8-9-11-25(20)36-31(38)29-21(2)35-33-37(30(29)23-14-17-26(40-6)27(19-23)41-7)32(39)28(42-33)18-22-12-15-24(16-13-22)34(3,4)5/h8-19,30H,1-7H3,(H,36,38). The van der Waals surface area contributed by atoms with Crippen molar-refractivity contribution in [1.82, 2.24) is 4.57 Å². The molecule has 1 aromatic heterocycles. The second-order valence-corrected chi connectivity index (χ2v) is 12.3. The normalized spacial score (nSPS) is 15.2. The van der Waals surface area contributed by atoms with E-state index in [-0.39, 0.29) is 16.9 Å². The van der Waals surface area contributed by atoms with Crippen molar-refractivity contribution in [3.05, 3.63) is 120 Å². The number of hydrogen-bond acceptors (Lipinski definition) is 6. The predicted molar refractivity (Wildman–Crippen MR) is 168 cm³/mol. The highest BCUT2D eigenvalue weighted by molar-refractivity contribution is 7.07. The Bertz CT molecular complexity index is 1880. The zero-order valence-electron chi connectivity index (χ0n) is 24.9. The lowest BCUT2D eigenvalue weighted by Gasteiger charge is -2.26. The number of nitrogens with one attached hydrogen (secondary N) is 1. The molecule has 5 rings (SSSR count). The molecule has 2 heterocycles. The number of para-hydroxylation sites is 1. The first-order valence-electron chi connectivity index (χ1n) is 13.7. The van der Waals surface area contributed by atoms with E-state index in [0.29, 0.717) is 43.4 Å². The quantitative estimate of drug-likeness (QED) is 0.326. The summed E-state index contributed by atoms with van der Waals surface area (Å²) in [5, 5.41) is 3.04. The highest BCUT2D eigenvalue weighted by Crippen LogP contribution is 2.36. The van der Waals surface area contributed by atoms with E-state index < -0.39 is 6.04 Å². The van der Waals surface area contributed by atoms with Crippen LogP contribution in [0.15, 0.2) is 87.8 Å². The first-order chi connectivity index (χ1) is 20.0. The van der Waals surface area contributed by atoms with E-state index in [1.165, 1.54) is 16.9 Å². The SMILES string of the molecule is COc1ccc(C2C(C(=O)Nc3ccccc3C)=C(C)N=c3sc(=Cc4ccc(C(C)(C)C)cc4)c(=O)n32)cc1OC. The minimum Gasteiger partial charge on any atom is -0.493 e. The molecule has 3 aromatic carbocycles. The van der Waals surface area contributed by atoms with Gasteiger partial charge in [0.05, 0.1) is 36.1 Å². The second kappa shape index (κ2) is 11.4. The van der Waals surface area contributed by atoms with E-state index in [9.17, 15) is 9.59 Å². The molecule has 0 aliphatic carbocycles. The topological polar surface area (TPSA) is 81.9 Å². The molecule has 1 atom stereocenters. The molecule has 1 amide bonds. The largest absolute Gasteiger partial charge is 0.493 e. The molecule has 1 N–H and O–H groups in total. The number of allylic oxidation sites excluding steroid dienone is 1. The van der Waals surface area contributed by atoms with Crippen LogP contribution in [0.3, 0.4) is 0 Å². The highest BCUT2D eigenvalue weighted by Gasteiger charge is 2.33. The number of carbonyl (C=O) groups is 1. The molecule has 0 spiro atoms. The third-order valence-electron chi connectivity index (χ3n) is 7.46. The Morgan fingerprint density at radius 1 is 0.976 bits per heavy atom. The monoisotopic (exact) mass is 581 g/mol. The fourth-order valence-corrected chi connectivity index (χ4v) is 6.13. The Balaban J connectivity index is 1.67. The minimum atomic E-state index is -0.726. The van der Waals surface area contributed by atoms with Gasteiger partial charge in [0.2, 0.25) is 0 Å². The van der Waals surface area contributed by atoms with Gasteiger partial charge >= 0.3 is 0 Å². The zero-order chi connectivity index (χ0) is 30.2. The number of ether oxygens (including phenoxy) is 2. The molecule has 0 saturated heterocycles. The number of methoxy groups -OCH3 is 2. The van der Waals surface area contributed by atoms with E-state index in [1.807, 2.05) is 68.5 Å². The number of anilines is 1. The summed E-state index contributed by atoms with van der Waals surface area (Å²) >= 11 is 1.31. The van der Waals surface area contributed by atoms with Gasteiger partial charge in [0, 0.05) is 5.69 Å². The number of benzene rings is 3. The Morgan fingerprint density at radius 2 is 1.67 bits per heavy atom. The molecular weight excluding hydrogens is 546 g/mol. The number of fused-ring (bicyclic) bond motifs is 1. The van der Waals surface area contributed by atoms with Crippen LogP contribution in [0.1, 0.15) is 56.0 Å². The number of aryl methyl sites for hydroxylation is 1. The zero-order valence-corrected chi connectivity index (χ0v) is 25.8. The van der Waals surface area contributed by atoms with Crippen molar-refractivity contribution in [2.24, 2.45) is 4.99 Å². The molecule has 1 aliphatic heterocycles. The van der Waals surface area contributed by atoms with E-state index >= 15 is 0 Å². The summed E-state index contributed by atoms with van der Waals surface area (Å²) in [7, 11) is 3.13. The minimum absolute atomic E-state index is 0.0318. The molecule has 0 fully saturated rings. The molecule has 216 valence electrons. The summed E-state index contributed by atoms with van der Waals surface area (Å²) in [6, 6.07) is 20.5. The molecule has 1 aliphatic rings. The van der Waals surface area contributed by atoms with E-state index in [1.54, 1.807) is 24.9 Å².